The van der Waals surface area contributed by atoms with E-state index in [2.05, 4.69) is 23.9 Å². The Hall–Kier alpha value is -1.82. The van der Waals surface area contributed by atoms with Crippen LogP contribution in [0.3, 0.4) is 0 Å². The molecule has 0 bridgehead atoms. The summed E-state index contributed by atoms with van der Waals surface area (Å²) >= 11 is 1.99. The second-order valence-electron chi connectivity index (χ2n) is 5.81. The summed E-state index contributed by atoms with van der Waals surface area (Å²) in [6, 6.07) is 9.72. The number of hydrogen-bond acceptors (Lipinski definition) is 4. The number of benzene rings is 1. The summed E-state index contributed by atoms with van der Waals surface area (Å²) in [6.45, 7) is 5.95. The van der Waals surface area contributed by atoms with Crippen LogP contribution in [0.1, 0.15) is 37.3 Å². The minimum absolute atomic E-state index is 0.0637. The van der Waals surface area contributed by atoms with Crippen molar-refractivity contribution in [1.82, 2.24) is 19.7 Å². The molecule has 1 aromatic heterocycles. The number of carbonyl (C=O) groups excluding carboxylic acids is 1. The van der Waals surface area contributed by atoms with E-state index in [0.717, 1.165) is 37.4 Å². The van der Waals surface area contributed by atoms with E-state index in [-0.39, 0.29) is 16.5 Å². The number of rotatable bonds is 4. The zero-order valence-electron chi connectivity index (χ0n) is 13.6. The zero-order chi connectivity index (χ0) is 16.3. The normalized spacial score (nSPS) is 17.2. The van der Waals surface area contributed by atoms with Gasteiger partial charge in [0.2, 0.25) is 5.82 Å². The van der Waals surface area contributed by atoms with Gasteiger partial charge < -0.3 is 4.90 Å². The molecule has 1 saturated heterocycles. The molecule has 3 rings (SSSR count). The molecule has 5 nitrogen and oxygen atoms in total. The summed E-state index contributed by atoms with van der Waals surface area (Å²) in [5, 5.41) is 4.36. The van der Waals surface area contributed by atoms with Crippen molar-refractivity contribution in [3.8, 4) is 5.69 Å². The molecular formula is C17H22N4OS. The zero-order valence-corrected chi connectivity index (χ0v) is 14.4. The molecule has 0 saturated carbocycles. The second-order valence-corrected chi connectivity index (χ2v) is 7.38. The third-order valence-electron chi connectivity index (χ3n) is 4.53. The average molecular weight is 330 g/mol. The van der Waals surface area contributed by atoms with Crippen LogP contribution in [0.5, 0.6) is 0 Å². The smallest absolute Gasteiger partial charge is 0.293 e. The van der Waals surface area contributed by atoms with E-state index in [0.29, 0.717) is 0 Å². The highest BCUT2D eigenvalue weighted by atomic mass is 32.2. The topological polar surface area (TPSA) is 51.0 Å². The first kappa shape index (κ1) is 16.1. The molecular weight excluding hydrogens is 308 g/mol. The molecule has 0 unspecified atom stereocenters. The molecule has 1 fully saturated rings. The van der Waals surface area contributed by atoms with Crippen molar-refractivity contribution >= 4 is 17.7 Å². The lowest BCUT2D eigenvalue weighted by Gasteiger charge is -2.41. The fourth-order valence-corrected chi connectivity index (χ4v) is 4.30. The number of amides is 1. The third-order valence-corrected chi connectivity index (χ3v) is 6.23. The monoisotopic (exact) mass is 330 g/mol. The summed E-state index contributed by atoms with van der Waals surface area (Å²) in [6.07, 6.45) is 3.75. The van der Waals surface area contributed by atoms with Gasteiger partial charge in [-0.15, -0.1) is 5.10 Å². The van der Waals surface area contributed by atoms with Crippen LogP contribution in [0.4, 0.5) is 0 Å². The van der Waals surface area contributed by atoms with Gasteiger partial charge in [-0.1, -0.05) is 32.0 Å². The van der Waals surface area contributed by atoms with Gasteiger partial charge in [-0.2, -0.15) is 11.8 Å². The fourth-order valence-electron chi connectivity index (χ4n) is 2.90. The number of hydrogen-bond donors (Lipinski definition) is 0. The SMILES string of the molecule is CCC1(CC)CN(C(=O)c2ncn(-c3ccccc3)n2)CCS1. The van der Waals surface area contributed by atoms with Crippen molar-refractivity contribution in [3.63, 3.8) is 0 Å². The predicted octanol–water partition coefficient (Wildman–Crippen LogP) is 3.02. The molecule has 23 heavy (non-hydrogen) atoms. The number of nitrogens with zero attached hydrogens (tertiary/aromatic N) is 4. The number of carbonyl (C=O) groups is 1. The van der Waals surface area contributed by atoms with Crippen LogP contribution in [-0.4, -0.2) is 49.2 Å². The quantitative estimate of drug-likeness (QED) is 0.865. The minimum atomic E-state index is -0.0637. The molecule has 0 spiro atoms. The summed E-state index contributed by atoms with van der Waals surface area (Å²) in [5.74, 6) is 1.19. The van der Waals surface area contributed by atoms with Crippen LogP contribution in [0, 0.1) is 0 Å². The highest BCUT2D eigenvalue weighted by molar-refractivity contribution is 8.00. The maximum atomic E-state index is 12.7. The van der Waals surface area contributed by atoms with Gasteiger partial charge in [0.25, 0.3) is 5.91 Å². The van der Waals surface area contributed by atoms with E-state index >= 15 is 0 Å². The highest BCUT2D eigenvalue weighted by Gasteiger charge is 2.36. The van der Waals surface area contributed by atoms with Gasteiger partial charge >= 0.3 is 0 Å². The Kier molecular flexibility index (Phi) is 4.71. The van der Waals surface area contributed by atoms with Crippen molar-refractivity contribution in [2.24, 2.45) is 0 Å². The van der Waals surface area contributed by atoms with Crippen LogP contribution in [-0.2, 0) is 0 Å². The first-order chi connectivity index (χ1) is 11.2. The van der Waals surface area contributed by atoms with Crippen molar-refractivity contribution in [1.29, 1.82) is 0 Å². The number of para-hydroxylation sites is 1. The molecule has 1 aromatic carbocycles. The molecule has 1 aliphatic heterocycles. The maximum Gasteiger partial charge on any atom is 0.293 e. The van der Waals surface area contributed by atoms with Crippen LogP contribution < -0.4 is 0 Å². The van der Waals surface area contributed by atoms with Crippen LogP contribution >= 0.6 is 11.8 Å². The number of thioether (sulfide) groups is 1. The van der Waals surface area contributed by atoms with E-state index < -0.39 is 0 Å². The Bertz CT molecular complexity index is 666. The second kappa shape index (κ2) is 6.74. The van der Waals surface area contributed by atoms with Crippen molar-refractivity contribution in [2.45, 2.75) is 31.4 Å². The van der Waals surface area contributed by atoms with Gasteiger partial charge in [-0.3, -0.25) is 4.79 Å². The molecule has 1 amide bonds. The fraction of sp³-hybridized carbons (Fsp3) is 0.471. The Labute approximate surface area is 141 Å². The summed E-state index contributed by atoms with van der Waals surface area (Å²) in [5.41, 5.74) is 0.907. The van der Waals surface area contributed by atoms with Gasteiger partial charge in [-0.25, -0.2) is 9.67 Å². The van der Waals surface area contributed by atoms with Crippen molar-refractivity contribution < 1.29 is 4.79 Å². The predicted molar refractivity (Wildman–Crippen MR) is 93.0 cm³/mol. The largest absolute Gasteiger partial charge is 0.334 e. The van der Waals surface area contributed by atoms with Crippen molar-refractivity contribution in [2.75, 3.05) is 18.8 Å². The van der Waals surface area contributed by atoms with Gasteiger partial charge in [0.1, 0.15) is 6.33 Å². The van der Waals surface area contributed by atoms with Crippen LogP contribution in [0.15, 0.2) is 36.7 Å². The Morgan fingerprint density at radius 2 is 2.00 bits per heavy atom. The molecule has 1 aliphatic rings. The average Bonchev–Trinajstić information content (AvgIpc) is 3.12. The molecule has 0 aliphatic carbocycles. The lowest BCUT2D eigenvalue weighted by atomic mass is 10.0. The Morgan fingerprint density at radius 1 is 1.26 bits per heavy atom. The van der Waals surface area contributed by atoms with E-state index in [1.165, 1.54) is 0 Å². The van der Waals surface area contributed by atoms with Gasteiger partial charge in [0, 0.05) is 23.6 Å². The molecule has 2 heterocycles. The molecule has 6 heteroatoms. The Balaban J connectivity index is 1.77. The summed E-state index contributed by atoms with van der Waals surface area (Å²) in [7, 11) is 0. The first-order valence-electron chi connectivity index (χ1n) is 8.08. The maximum absolute atomic E-state index is 12.7. The lowest BCUT2D eigenvalue weighted by Crippen LogP contribution is -2.48. The molecule has 0 atom stereocenters. The number of aromatic nitrogens is 3. The summed E-state index contributed by atoms with van der Waals surface area (Å²) in [4.78, 5) is 18.9. The van der Waals surface area contributed by atoms with E-state index in [9.17, 15) is 4.79 Å². The third kappa shape index (κ3) is 3.27. The van der Waals surface area contributed by atoms with E-state index in [1.807, 2.05) is 47.0 Å². The van der Waals surface area contributed by atoms with E-state index in [1.54, 1.807) is 11.0 Å². The van der Waals surface area contributed by atoms with Gasteiger partial charge in [0.15, 0.2) is 0 Å². The minimum Gasteiger partial charge on any atom is -0.334 e. The molecule has 0 radical (unpaired) electrons. The first-order valence-corrected chi connectivity index (χ1v) is 9.06. The highest BCUT2D eigenvalue weighted by Crippen LogP contribution is 2.36. The lowest BCUT2D eigenvalue weighted by molar-refractivity contribution is 0.0726. The Morgan fingerprint density at radius 3 is 2.70 bits per heavy atom. The molecule has 0 N–H and O–H groups in total. The van der Waals surface area contributed by atoms with Crippen LogP contribution in [0.2, 0.25) is 0 Å². The van der Waals surface area contributed by atoms with Crippen LogP contribution in [0.25, 0.3) is 5.69 Å². The molecule has 2 aromatic rings. The summed E-state index contributed by atoms with van der Waals surface area (Å²) < 4.78 is 1.83. The van der Waals surface area contributed by atoms with E-state index in [4.69, 9.17) is 0 Å². The van der Waals surface area contributed by atoms with Crippen molar-refractivity contribution in [3.05, 3.63) is 42.5 Å². The standard InChI is InChI=1S/C17H22N4OS/c1-3-17(4-2)12-20(10-11-23-17)16(22)15-18-13-21(19-15)14-8-6-5-7-9-14/h5-9,13H,3-4,10-12H2,1-2H3. The molecule has 122 valence electrons. The van der Waals surface area contributed by atoms with Gasteiger partial charge in [-0.05, 0) is 25.0 Å². The van der Waals surface area contributed by atoms with Gasteiger partial charge in [0.05, 0.1) is 5.69 Å².